The van der Waals surface area contributed by atoms with Crippen LogP contribution in [0.4, 0.5) is 5.82 Å². The standard InChI is InChI=1S/C25H39N5O3/c1-5-23(31)30(22-9-7-8-21(18-26)27-22)20-25(10-16-33-24(3,4)19-25)29-13-11-28(12-14-29)15-17-32-6-2/h7-9H,5-6,10-17,19-20H2,1-4H3. The summed E-state index contributed by atoms with van der Waals surface area (Å²) >= 11 is 0. The second-order valence-electron chi connectivity index (χ2n) is 9.61. The minimum atomic E-state index is -0.271. The summed E-state index contributed by atoms with van der Waals surface area (Å²) in [6.07, 6.45) is 2.09. The quantitative estimate of drug-likeness (QED) is 0.527. The molecule has 8 nitrogen and oxygen atoms in total. The Bertz CT molecular complexity index is 832. The lowest BCUT2D eigenvalue weighted by Crippen LogP contribution is -2.66. The molecule has 1 unspecified atom stereocenters. The number of anilines is 1. The summed E-state index contributed by atoms with van der Waals surface area (Å²) in [7, 11) is 0. The first kappa shape index (κ1) is 25.6. The van der Waals surface area contributed by atoms with Gasteiger partial charge >= 0.3 is 0 Å². The largest absolute Gasteiger partial charge is 0.380 e. The van der Waals surface area contributed by atoms with Crippen LogP contribution in [-0.4, -0.2) is 90.9 Å². The van der Waals surface area contributed by atoms with E-state index in [4.69, 9.17) is 9.47 Å². The summed E-state index contributed by atoms with van der Waals surface area (Å²) in [6, 6.07) is 7.40. The number of hydrogen-bond acceptors (Lipinski definition) is 7. The summed E-state index contributed by atoms with van der Waals surface area (Å²) in [4.78, 5) is 24.4. The van der Waals surface area contributed by atoms with Gasteiger partial charge in [0.25, 0.3) is 0 Å². The Morgan fingerprint density at radius 1 is 1.27 bits per heavy atom. The molecule has 0 N–H and O–H groups in total. The molecule has 1 aromatic rings. The molecule has 0 radical (unpaired) electrons. The third-order valence-corrected chi connectivity index (χ3v) is 6.80. The third-order valence-electron chi connectivity index (χ3n) is 6.80. The molecule has 0 aliphatic carbocycles. The van der Waals surface area contributed by atoms with Gasteiger partial charge in [-0.25, -0.2) is 4.98 Å². The monoisotopic (exact) mass is 457 g/mol. The van der Waals surface area contributed by atoms with Crippen LogP contribution in [0.3, 0.4) is 0 Å². The molecule has 1 amide bonds. The van der Waals surface area contributed by atoms with Gasteiger partial charge in [-0.2, -0.15) is 5.26 Å². The fourth-order valence-corrected chi connectivity index (χ4v) is 5.16. The van der Waals surface area contributed by atoms with Crippen molar-refractivity contribution in [3.63, 3.8) is 0 Å². The van der Waals surface area contributed by atoms with Crippen molar-refractivity contribution >= 4 is 11.7 Å². The average molecular weight is 458 g/mol. The number of carbonyl (C=O) groups excluding carboxylic acids is 1. The predicted molar refractivity (Wildman–Crippen MR) is 128 cm³/mol. The van der Waals surface area contributed by atoms with E-state index in [2.05, 4.69) is 34.7 Å². The fraction of sp³-hybridized carbons (Fsp3) is 0.720. The maximum atomic E-state index is 13.1. The van der Waals surface area contributed by atoms with Gasteiger partial charge in [-0.1, -0.05) is 13.0 Å². The van der Waals surface area contributed by atoms with E-state index < -0.39 is 0 Å². The maximum Gasteiger partial charge on any atom is 0.227 e. The Labute approximate surface area is 198 Å². The van der Waals surface area contributed by atoms with Gasteiger partial charge in [-0.3, -0.25) is 19.5 Å². The van der Waals surface area contributed by atoms with Crippen molar-refractivity contribution in [1.82, 2.24) is 14.8 Å². The molecule has 1 aromatic heterocycles. The lowest BCUT2D eigenvalue weighted by molar-refractivity contribution is -0.130. The van der Waals surface area contributed by atoms with Gasteiger partial charge in [-0.05, 0) is 45.7 Å². The second-order valence-corrected chi connectivity index (χ2v) is 9.61. The summed E-state index contributed by atoms with van der Waals surface area (Å²) < 4.78 is 11.6. The average Bonchev–Trinajstić information content (AvgIpc) is 2.82. The number of hydrogen-bond donors (Lipinski definition) is 0. The van der Waals surface area contributed by atoms with Gasteiger partial charge in [0.2, 0.25) is 5.91 Å². The van der Waals surface area contributed by atoms with Crippen LogP contribution in [0.15, 0.2) is 18.2 Å². The van der Waals surface area contributed by atoms with Crippen LogP contribution in [0.5, 0.6) is 0 Å². The molecule has 2 aliphatic heterocycles. The van der Waals surface area contributed by atoms with Crippen LogP contribution < -0.4 is 4.90 Å². The van der Waals surface area contributed by atoms with Crippen molar-refractivity contribution in [2.75, 3.05) is 64.0 Å². The zero-order valence-electron chi connectivity index (χ0n) is 20.7. The van der Waals surface area contributed by atoms with E-state index in [1.165, 1.54) is 0 Å². The van der Waals surface area contributed by atoms with Gasteiger partial charge in [0.15, 0.2) is 0 Å². The molecule has 0 spiro atoms. The SMILES string of the molecule is CCOCCN1CCN(C2(CN(C(=O)CC)c3cccc(C#N)n3)CCOC(C)(C)C2)CC1. The predicted octanol–water partition coefficient (Wildman–Crippen LogP) is 2.68. The van der Waals surface area contributed by atoms with Gasteiger partial charge < -0.3 is 9.47 Å². The molecule has 3 rings (SSSR count). The summed E-state index contributed by atoms with van der Waals surface area (Å²) in [5, 5.41) is 9.33. The lowest BCUT2D eigenvalue weighted by atomic mass is 9.78. The molecular formula is C25H39N5O3. The summed E-state index contributed by atoms with van der Waals surface area (Å²) in [5.41, 5.74) is -0.151. The maximum absolute atomic E-state index is 13.1. The van der Waals surface area contributed by atoms with Crippen molar-refractivity contribution in [3.05, 3.63) is 23.9 Å². The molecule has 182 valence electrons. The number of nitrogens with zero attached hydrogens (tertiary/aromatic N) is 5. The van der Waals surface area contributed by atoms with Crippen LogP contribution >= 0.6 is 0 Å². The number of pyridine rings is 1. The second kappa shape index (κ2) is 11.4. The van der Waals surface area contributed by atoms with E-state index in [1.807, 2.05) is 19.9 Å². The van der Waals surface area contributed by atoms with Crippen molar-refractivity contribution in [1.29, 1.82) is 5.26 Å². The first-order valence-electron chi connectivity index (χ1n) is 12.2. The third kappa shape index (κ3) is 6.51. The minimum Gasteiger partial charge on any atom is -0.380 e. The highest BCUT2D eigenvalue weighted by Crippen LogP contribution is 2.38. The molecule has 0 saturated carbocycles. The molecule has 2 saturated heterocycles. The number of aromatic nitrogens is 1. The van der Waals surface area contributed by atoms with Gasteiger partial charge in [0, 0.05) is 64.4 Å². The Morgan fingerprint density at radius 3 is 2.67 bits per heavy atom. The number of piperazine rings is 1. The number of ether oxygens (including phenoxy) is 2. The van der Waals surface area contributed by atoms with Gasteiger partial charge in [0.1, 0.15) is 17.6 Å². The zero-order chi connectivity index (χ0) is 23.9. The van der Waals surface area contributed by atoms with Crippen LogP contribution in [0.25, 0.3) is 0 Å². The molecule has 2 fully saturated rings. The Hall–Kier alpha value is -2.05. The highest BCUT2D eigenvalue weighted by atomic mass is 16.5. The molecule has 1 atom stereocenters. The van der Waals surface area contributed by atoms with E-state index >= 15 is 0 Å². The van der Waals surface area contributed by atoms with Crippen LogP contribution in [0.2, 0.25) is 0 Å². The minimum absolute atomic E-state index is 0.0246. The fourth-order valence-electron chi connectivity index (χ4n) is 5.16. The first-order chi connectivity index (χ1) is 15.8. The topological polar surface area (TPSA) is 81.9 Å². The molecule has 0 aromatic carbocycles. The summed E-state index contributed by atoms with van der Waals surface area (Å²) in [6.45, 7) is 15.7. The zero-order valence-corrected chi connectivity index (χ0v) is 20.7. The van der Waals surface area contributed by atoms with E-state index in [9.17, 15) is 10.1 Å². The molecule has 2 aliphatic rings. The highest BCUT2D eigenvalue weighted by molar-refractivity contribution is 5.92. The molecule has 0 bridgehead atoms. The Balaban J connectivity index is 1.85. The first-order valence-corrected chi connectivity index (χ1v) is 12.2. The Kier molecular flexibility index (Phi) is 8.82. The van der Waals surface area contributed by atoms with Crippen LogP contribution in [0.1, 0.15) is 52.7 Å². The number of rotatable bonds is 9. The number of nitriles is 1. The van der Waals surface area contributed by atoms with E-state index in [-0.39, 0.29) is 17.0 Å². The number of amides is 1. The van der Waals surface area contributed by atoms with Crippen molar-refractivity contribution in [2.24, 2.45) is 0 Å². The number of carbonyl (C=O) groups is 1. The van der Waals surface area contributed by atoms with E-state index in [1.54, 1.807) is 17.0 Å². The van der Waals surface area contributed by atoms with Gasteiger partial charge in [0.05, 0.1) is 12.2 Å². The van der Waals surface area contributed by atoms with Crippen molar-refractivity contribution in [3.8, 4) is 6.07 Å². The molecule has 3 heterocycles. The normalized spacial score (nSPS) is 23.7. The van der Waals surface area contributed by atoms with Crippen molar-refractivity contribution in [2.45, 2.75) is 58.1 Å². The molecule has 8 heteroatoms. The van der Waals surface area contributed by atoms with E-state index in [0.29, 0.717) is 31.1 Å². The smallest absolute Gasteiger partial charge is 0.227 e. The molecular weight excluding hydrogens is 418 g/mol. The Morgan fingerprint density at radius 2 is 2.03 bits per heavy atom. The lowest BCUT2D eigenvalue weighted by Gasteiger charge is -2.54. The van der Waals surface area contributed by atoms with E-state index in [0.717, 1.165) is 58.8 Å². The van der Waals surface area contributed by atoms with Gasteiger partial charge in [-0.15, -0.1) is 0 Å². The highest BCUT2D eigenvalue weighted by Gasteiger charge is 2.47. The van der Waals surface area contributed by atoms with Crippen molar-refractivity contribution < 1.29 is 14.3 Å². The summed E-state index contributed by atoms with van der Waals surface area (Å²) in [5.74, 6) is 0.580. The van der Waals surface area contributed by atoms with Crippen LogP contribution in [-0.2, 0) is 14.3 Å². The molecule has 33 heavy (non-hydrogen) atoms. The van der Waals surface area contributed by atoms with Crippen LogP contribution in [0, 0.1) is 11.3 Å².